The van der Waals surface area contributed by atoms with Crippen LogP contribution < -0.4 is 15.4 Å². The Kier molecular flexibility index (Phi) is 8.35. The molecule has 9 heteroatoms. The zero-order chi connectivity index (χ0) is 21.3. The van der Waals surface area contributed by atoms with Gasteiger partial charge in [-0.2, -0.15) is 18.3 Å². The van der Waals surface area contributed by atoms with Crippen molar-refractivity contribution in [2.45, 2.75) is 46.3 Å². The van der Waals surface area contributed by atoms with Gasteiger partial charge >= 0.3 is 6.18 Å². The van der Waals surface area contributed by atoms with Crippen LogP contribution in [0, 0.1) is 13.8 Å². The summed E-state index contributed by atoms with van der Waals surface area (Å²) in [6.07, 6.45) is -0.764. The molecule has 160 valence electrons. The summed E-state index contributed by atoms with van der Waals surface area (Å²) < 4.78 is 42.5. The van der Waals surface area contributed by atoms with E-state index in [1.165, 1.54) is 5.56 Å². The first kappa shape index (κ1) is 22.6. The zero-order valence-corrected chi connectivity index (χ0v) is 17.0. The maximum absolute atomic E-state index is 12.5. The molecule has 0 fully saturated rings. The molecule has 0 spiro atoms. The summed E-state index contributed by atoms with van der Waals surface area (Å²) in [6, 6.07) is 5.18. The van der Waals surface area contributed by atoms with Crippen molar-refractivity contribution in [2.75, 3.05) is 19.7 Å². The lowest BCUT2D eigenvalue weighted by atomic mass is 10.1. The lowest BCUT2D eigenvalue weighted by molar-refractivity contribution is -0.153. The summed E-state index contributed by atoms with van der Waals surface area (Å²) in [4.78, 5) is 4.49. The van der Waals surface area contributed by atoms with E-state index in [1.54, 1.807) is 19.1 Å². The van der Waals surface area contributed by atoms with Crippen LogP contribution in [-0.2, 0) is 13.0 Å². The van der Waals surface area contributed by atoms with Crippen molar-refractivity contribution < 1.29 is 17.9 Å². The highest BCUT2D eigenvalue weighted by Gasteiger charge is 2.28. The minimum Gasteiger partial charge on any atom is -0.484 e. The molecule has 0 atom stereocenters. The van der Waals surface area contributed by atoms with E-state index in [4.69, 9.17) is 4.74 Å². The molecule has 0 aliphatic heterocycles. The predicted molar refractivity (Wildman–Crippen MR) is 107 cm³/mol. The number of hydrogen-bond acceptors (Lipinski definition) is 3. The number of alkyl halides is 3. The predicted octanol–water partition coefficient (Wildman–Crippen LogP) is 3.66. The van der Waals surface area contributed by atoms with Crippen LogP contribution in [0.1, 0.15) is 35.7 Å². The van der Waals surface area contributed by atoms with Crippen LogP contribution in [0.15, 0.2) is 29.4 Å². The van der Waals surface area contributed by atoms with Gasteiger partial charge in [-0.25, -0.2) is 4.99 Å². The largest absolute Gasteiger partial charge is 0.484 e. The van der Waals surface area contributed by atoms with Crippen molar-refractivity contribution in [1.82, 2.24) is 20.8 Å². The molecular weight excluding hydrogens is 383 g/mol. The fourth-order valence-electron chi connectivity index (χ4n) is 2.71. The van der Waals surface area contributed by atoms with E-state index in [9.17, 15) is 13.2 Å². The van der Waals surface area contributed by atoms with E-state index in [-0.39, 0.29) is 12.3 Å². The Bertz CT molecular complexity index is 802. The molecule has 0 unspecified atom stereocenters. The molecule has 2 aromatic rings. The number of aliphatic imine (C=N–C) groups is 1. The maximum atomic E-state index is 12.5. The average Bonchev–Trinajstić information content (AvgIpc) is 3.06. The smallest absolute Gasteiger partial charge is 0.422 e. The molecule has 0 aliphatic carbocycles. The molecule has 1 heterocycles. The molecule has 3 N–H and O–H groups in total. The standard InChI is InChI=1S/C20H28F3N5O/c1-4-24-19(25-9-5-6-16-12-27-28-15(16)3)26-11-17-8-7-14(2)10-18(17)29-13-20(21,22)23/h7-8,10,12H,4-6,9,11,13H2,1-3H3,(H,27,28)(H2,24,25,26). The van der Waals surface area contributed by atoms with Gasteiger partial charge in [-0.05, 0) is 50.8 Å². The van der Waals surface area contributed by atoms with Gasteiger partial charge < -0.3 is 15.4 Å². The van der Waals surface area contributed by atoms with Crippen LogP contribution >= 0.6 is 0 Å². The summed E-state index contributed by atoms with van der Waals surface area (Å²) in [6.45, 7) is 6.03. The fourth-order valence-corrected chi connectivity index (χ4v) is 2.71. The Morgan fingerprint density at radius 2 is 2.00 bits per heavy atom. The second kappa shape index (κ2) is 10.7. The highest BCUT2D eigenvalue weighted by molar-refractivity contribution is 5.79. The normalized spacial score (nSPS) is 12.1. The molecule has 0 amide bonds. The van der Waals surface area contributed by atoms with E-state index in [1.807, 2.05) is 26.1 Å². The number of hydrogen-bond donors (Lipinski definition) is 3. The van der Waals surface area contributed by atoms with Crippen LogP contribution in [0.5, 0.6) is 5.75 Å². The molecule has 0 saturated carbocycles. The maximum Gasteiger partial charge on any atom is 0.422 e. The van der Waals surface area contributed by atoms with E-state index in [0.717, 1.165) is 24.1 Å². The van der Waals surface area contributed by atoms with Gasteiger partial charge in [0.1, 0.15) is 5.75 Å². The van der Waals surface area contributed by atoms with Gasteiger partial charge in [-0.15, -0.1) is 0 Å². The van der Waals surface area contributed by atoms with Crippen LogP contribution in [-0.4, -0.2) is 42.0 Å². The summed E-state index contributed by atoms with van der Waals surface area (Å²) in [7, 11) is 0. The minimum atomic E-state index is -4.38. The number of nitrogens with one attached hydrogen (secondary N) is 3. The lowest BCUT2D eigenvalue weighted by Crippen LogP contribution is -2.37. The van der Waals surface area contributed by atoms with Crippen LogP contribution in [0.3, 0.4) is 0 Å². The number of nitrogens with zero attached hydrogens (tertiary/aromatic N) is 2. The van der Waals surface area contributed by atoms with E-state index < -0.39 is 12.8 Å². The number of aromatic amines is 1. The van der Waals surface area contributed by atoms with Gasteiger partial charge in [0.15, 0.2) is 12.6 Å². The molecule has 29 heavy (non-hydrogen) atoms. The number of ether oxygens (including phenoxy) is 1. The van der Waals surface area contributed by atoms with E-state index in [2.05, 4.69) is 25.8 Å². The summed E-state index contributed by atoms with van der Waals surface area (Å²) in [5.41, 5.74) is 3.68. The van der Waals surface area contributed by atoms with Gasteiger partial charge in [-0.3, -0.25) is 5.10 Å². The molecule has 2 rings (SSSR count). The van der Waals surface area contributed by atoms with Crippen molar-refractivity contribution in [2.24, 2.45) is 4.99 Å². The highest BCUT2D eigenvalue weighted by atomic mass is 19.4. The van der Waals surface area contributed by atoms with Crippen molar-refractivity contribution in [3.8, 4) is 5.75 Å². The first-order chi connectivity index (χ1) is 13.8. The Hall–Kier alpha value is -2.71. The van der Waals surface area contributed by atoms with Gasteiger partial charge in [0.05, 0.1) is 12.7 Å². The SMILES string of the molecule is CCNC(=NCc1ccc(C)cc1OCC(F)(F)F)NCCCc1cn[nH]c1C. The summed E-state index contributed by atoms with van der Waals surface area (Å²) in [5.74, 6) is 0.816. The van der Waals surface area contributed by atoms with Crippen molar-refractivity contribution in [3.63, 3.8) is 0 Å². The lowest BCUT2D eigenvalue weighted by Gasteiger charge is -2.14. The summed E-state index contributed by atoms with van der Waals surface area (Å²) in [5, 5.41) is 13.3. The van der Waals surface area contributed by atoms with Gasteiger partial charge in [0.25, 0.3) is 0 Å². The Morgan fingerprint density at radius 1 is 1.21 bits per heavy atom. The third kappa shape index (κ3) is 8.05. The monoisotopic (exact) mass is 411 g/mol. The van der Waals surface area contributed by atoms with Crippen molar-refractivity contribution in [1.29, 1.82) is 0 Å². The van der Waals surface area contributed by atoms with Crippen LogP contribution in [0.4, 0.5) is 13.2 Å². The third-order valence-corrected chi connectivity index (χ3v) is 4.22. The van der Waals surface area contributed by atoms with Gasteiger partial charge in [0.2, 0.25) is 0 Å². The second-order valence-corrected chi connectivity index (χ2v) is 6.76. The molecule has 0 bridgehead atoms. The minimum absolute atomic E-state index is 0.206. The van der Waals surface area contributed by atoms with E-state index >= 15 is 0 Å². The molecular formula is C20H28F3N5O. The molecule has 0 saturated heterocycles. The summed E-state index contributed by atoms with van der Waals surface area (Å²) >= 11 is 0. The van der Waals surface area contributed by atoms with E-state index in [0.29, 0.717) is 24.6 Å². The quantitative estimate of drug-likeness (QED) is 0.335. The van der Waals surface area contributed by atoms with Gasteiger partial charge in [-0.1, -0.05) is 12.1 Å². The number of benzene rings is 1. The topological polar surface area (TPSA) is 74.3 Å². The Labute approximate surface area is 169 Å². The number of H-pyrrole nitrogens is 1. The van der Waals surface area contributed by atoms with Crippen LogP contribution in [0.2, 0.25) is 0 Å². The second-order valence-electron chi connectivity index (χ2n) is 6.76. The molecule has 1 aromatic carbocycles. The number of aryl methyl sites for hydroxylation is 3. The highest BCUT2D eigenvalue weighted by Crippen LogP contribution is 2.24. The third-order valence-electron chi connectivity index (χ3n) is 4.22. The fraction of sp³-hybridized carbons (Fsp3) is 0.500. The molecule has 6 nitrogen and oxygen atoms in total. The average molecular weight is 411 g/mol. The zero-order valence-electron chi connectivity index (χ0n) is 17.0. The number of aromatic nitrogens is 2. The number of guanidine groups is 1. The Morgan fingerprint density at radius 3 is 2.66 bits per heavy atom. The Balaban J connectivity index is 1.95. The number of rotatable bonds is 9. The van der Waals surface area contributed by atoms with Crippen molar-refractivity contribution in [3.05, 3.63) is 46.8 Å². The van der Waals surface area contributed by atoms with Crippen molar-refractivity contribution >= 4 is 5.96 Å². The van der Waals surface area contributed by atoms with Crippen LogP contribution in [0.25, 0.3) is 0 Å². The number of halogens is 3. The first-order valence-electron chi connectivity index (χ1n) is 9.58. The molecule has 1 aromatic heterocycles. The van der Waals surface area contributed by atoms with Gasteiger partial charge in [0, 0.05) is 24.3 Å². The molecule has 0 radical (unpaired) electrons. The first-order valence-corrected chi connectivity index (χ1v) is 9.58. The molecule has 0 aliphatic rings.